The maximum absolute atomic E-state index is 13.8. The highest BCUT2D eigenvalue weighted by Crippen LogP contribution is 2.33. The molecule has 4 atom stereocenters. The SMILES string of the molecule is CC[C@H](NC(=O)CN1CCOCC1)C(=O)N[C@@H](Cc1ccc(OC)cc1)C(=O)N[C@@H](CC1CCCC1)C(=O)[C@@]1(C)CO1. The Bertz CT molecular complexity index is 1080. The predicted octanol–water partition coefficient (Wildman–Crippen LogP) is 1.37. The van der Waals surface area contributed by atoms with Gasteiger partial charge in [0.1, 0.15) is 23.4 Å². The van der Waals surface area contributed by atoms with Crippen molar-refractivity contribution in [2.24, 2.45) is 5.92 Å². The van der Waals surface area contributed by atoms with Crippen molar-refractivity contribution < 1.29 is 33.4 Å². The number of epoxide rings is 1. The number of Topliss-reactive ketones (excluding diaryl/α,β-unsaturated/α-hetero) is 1. The third-order valence-corrected chi connectivity index (χ3v) is 8.54. The van der Waals surface area contributed by atoms with Gasteiger partial charge in [-0.25, -0.2) is 0 Å². The Kier molecular flexibility index (Phi) is 11.3. The maximum Gasteiger partial charge on any atom is 0.243 e. The molecule has 1 aliphatic carbocycles. The van der Waals surface area contributed by atoms with E-state index < -0.39 is 35.5 Å². The highest BCUT2D eigenvalue weighted by Gasteiger charge is 2.50. The Morgan fingerprint density at radius 1 is 0.976 bits per heavy atom. The smallest absolute Gasteiger partial charge is 0.243 e. The fraction of sp³-hybridized carbons (Fsp3) is 0.677. The van der Waals surface area contributed by atoms with Crippen molar-refractivity contribution in [3.63, 3.8) is 0 Å². The van der Waals surface area contributed by atoms with Crippen LogP contribution in [0.4, 0.5) is 0 Å². The second kappa shape index (κ2) is 14.9. The summed E-state index contributed by atoms with van der Waals surface area (Å²) in [6.07, 6.45) is 5.44. The summed E-state index contributed by atoms with van der Waals surface area (Å²) in [4.78, 5) is 55.3. The lowest BCUT2D eigenvalue weighted by molar-refractivity contribution is -0.134. The Balaban J connectivity index is 1.46. The quantitative estimate of drug-likeness (QED) is 0.262. The maximum atomic E-state index is 13.8. The van der Waals surface area contributed by atoms with Crippen LogP contribution >= 0.6 is 0 Å². The fourth-order valence-corrected chi connectivity index (χ4v) is 5.74. The normalized spacial score (nSPS) is 22.9. The van der Waals surface area contributed by atoms with E-state index in [1.54, 1.807) is 26.2 Å². The summed E-state index contributed by atoms with van der Waals surface area (Å²) in [6.45, 7) is 6.55. The molecule has 3 N–H and O–H groups in total. The van der Waals surface area contributed by atoms with Gasteiger partial charge >= 0.3 is 0 Å². The third-order valence-electron chi connectivity index (χ3n) is 8.54. The van der Waals surface area contributed by atoms with Crippen LogP contribution in [0, 0.1) is 5.92 Å². The zero-order chi connectivity index (χ0) is 30.1. The molecule has 4 rings (SSSR count). The van der Waals surface area contributed by atoms with Crippen LogP contribution in [0.15, 0.2) is 24.3 Å². The van der Waals surface area contributed by atoms with Crippen molar-refractivity contribution in [2.45, 2.75) is 82.5 Å². The number of nitrogens with one attached hydrogen (secondary N) is 3. The summed E-state index contributed by atoms with van der Waals surface area (Å²) in [5.41, 5.74) is -0.0552. The van der Waals surface area contributed by atoms with Crippen LogP contribution in [-0.2, 0) is 35.1 Å². The largest absolute Gasteiger partial charge is 0.497 e. The molecule has 2 aliphatic heterocycles. The van der Waals surface area contributed by atoms with Crippen molar-refractivity contribution in [3.05, 3.63) is 29.8 Å². The van der Waals surface area contributed by atoms with E-state index in [9.17, 15) is 19.2 Å². The standard InChI is InChI=1S/C31H46N4O7/c1-4-24(32-27(36)19-35-13-15-41-16-14-35)29(38)34-26(18-22-9-11-23(40-3)12-10-22)30(39)33-25(17-21-7-5-6-8-21)28(37)31(2)20-42-31/h9-12,21,24-26H,4-8,13-20H2,1-3H3,(H,32,36)(H,33,39)(H,34,38)/t24-,25-,26-,31+/m0/s1. The second-order valence-corrected chi connectivity index (χ2v) is 11.9. The minimum Gasteiger partial charge on any atom is -0.497 e. The number of benzene rings is 1. The molecular weight excluding hydrogens is 540 g/mol. The van der Waals surface area contributed by atoms with Gasteiger partial charge in [0.15, 0.2) is 5.78 Å². The summed E-state index contributed by atoms with van der Waals surface area (Å²) in [7, 11) is 1.58. The Hall–Kier alpha value is -3.02. The molecule has 1 aromatic carbocycles. The molecule has 1 saturated carbocycles. The van der Waals surface area contributed by atoms with Crippen LogP contribution in [0.1, 0.15) is 57.9 Å². The zero-order valence-corrected chi connectivity index (χ0v) is 25.1. The minimum absolute atomic E-state index is 0.126. The van der Waals surface area contributed by atoms with Gasteiger partial charge in [-0.1, -0.05) is 44.7 Å². The fourth-order valence-electron chi connectivity index (χ4n) is 5.74. The van der Waals surface area contributed by atoms with E-state index in [2.05, 4.69) is 16.0 Å². The van der Waals surface area contributed by atoms with Gasteiger partial charge in [0, 0.05) is 19.5 Å². The van der Waals surface area contributed by atoms with Gasteiger partial charge in [-0.2, -0.15) is 0 Å². The number of ether oxygens (including phenoxy) is 3. The summed E-state index contributed by atoms with van der Waals surface area (Å²) >= 11 is 0. The van der Waals surface area contributed by atoms with Crippen molar-refractivity contribution in [1.29, 1.82) is 0 Å². The molecule has 3 fully saturated rings. The number of ketones is 1. The lowest BCUT2D eigenvalue weighted by atomic mass is 9.90. The Labute approximate surface area is 248 Å². The Morgan fingerprint density at radius 2 is 1.60 bits per heavy atom. The average molecular weight is 587 g/mol. The molecule has 1 aromatic rings. The third kappa shape index (κ3) is 8.99. The van der Waals surface area contributed by atoms with E-state index in [1.165, 1.54) is 0 Å². The molecule has 3 aliphatic rings. The van der Waals surface area contributed by atoms with Crippen LogP contribution < -0.4 is 20.7 Å². The van der Waals surface area contributed by atoms with Crippen LogP contribution in [-0.4, -0.2) is 98.7 Å². The summed E-state index contributed by atoms with van der Waals surface area (Å²) in [5, 5.41) is 8.67. The number of nitrogens with zero attached hydrogens (tertiary/aromatic N) is 1. The van der Waals surface area contributed by atoms with Gasteiger partial charge in [-0.15, -0.1) is 0 Å². The molecule has 0 unspecified atom stereocenters. The summed E-state index contributed by atoms with van der Waals surface area (Å²) < 4.78 is 16.0. The average Bonchev–Trinajstić information content (AvgIpc) is 3.53. The van der Waals surface area contributed by atoms with Crippen LogP contribution in [0.2, 0.25) is 0 Å². The highest BCUT2D eigenvalue weighted by atomic mass is 16.6. The zero-order valence-electron chi connectivity index (χ0n) is 25.1. The molecule has 3 amide bonds. The lowest BCUT2D eigenvalue weighted by Gasteiger charge is -2.28. The highest BCUT2D eigenvalue weighted by molar-refractivity contribution is 5.98. The van der Waals surface area contributed by atoms with Gasteiger partial charge in [0.25, 0.3) is 0 Å². The monoisotopic (exact) mass is 586 g/mol. The molecule has 0 spiro atoms. The first-order valence-corrected chi connectivity index (χ1v) is 15.2. The van der Waals surface area contributed by atoms with E-state index in [0.717, 1.165) is 31.2 Å². The first-order valence-electron chi connectivity index (χ1n) is 15.2. The first-order chi connectivity index (χ1) is 20.2. The second-order valence-electron chi connectivity index (χ2n) is 11.9. The van der Waals surface area contributed by atoms with E-state index in [1.807, 2.05) is 24.0 Å². The number of carbonyl (C=O) groups is 4. The van der Waals surface area contributed by atoms with E-state index in [4.69, 9.17) is 14.2 Å². The number of methoxy groups -OCH3 is 1. The van der Waals surface area contributed by atoms with Crippen LogP contribution in [0.25, 0.3) is 0 Å². The summed E-state index contributed by atoms with van der Waals surface area (Å²) in [6, 6.07) is 4.82. The number of rotatable bonds is 15. The molecule has 11 heteroatoms. The molecule has 0 aromatic heterocycles. The molecule has 232 valence electrons. The van der Waals surface area contributed by atoms with E-state index >= 15 is 0 Å². The van der Waals surface area contributed by atoms with Crippen molar-refractivity contribution in [2.75, 3.05) is 46.6 Å². The Morgan fingerprint density at radius 3 is 2.19 bits per heavy atom. The van der Waals surface area contributed by atoms with Crippen molar-refractivity contribution in [3.8, 4) is 5.75 Å². The molecule has 42 heavy (non-hydrogen) atoms. The van der Waals surface area contributed by atoms with Gasteiger partial charge < -0.3 is 30.2 Å². The van der Waals surface area contributed by atoms with Crippen LogP contribution in [0.3, 0.4) is 0 Å². The van der Waals surface area contributed by atoms with Crippen LogP contribution in [0.5, 0.6) is 5.75 Å². The predicted molar refractivity (Wildman–Crippen MR) is 156 cm³/mol. The molecular formula is C31H46N4O7. The summed E-state index contributed by atoms with van der Waals surface area (Å²) in [5.74, 6) is -0.221. The molecule has 0 radical (unpaired) electrons. The number of amides is 3. The van der Waals surface area contributed by atoms with E-state index in [0.29, 0.717) is 57.4 Å². The molecule has 0 bridgehead atoms. The number of hydrogen-bond donors (Lipinski definition) is 3. The number of morpholine rings is 1. The lowest BCUT2D eigenvalue weighted by Crippen LogP contribution is -2.58. The van der Waals surface area contributed by atoms with Crippen molar-refractivity contribution >= 4 is 23.5 Å². The van der Waals surface area contributed by atoms with E-state index in [-0.39, 0.29) is 24.7 Å². The van der Waals surface area contributed by atoms with Gasteiger partial charge in [-0.05, 0) is 43.4 Å². The number of carbonyl (C=O) groups excluding carboxylic acids is 4. The first kappa shape index (κ1) is 31.9. The van der Waals surface area contributed by atoms with Crippen molar-refractivity contribution in [1.82, 2.24) is 20.9 Å². The van der Waals surface area contributed by atoms with Gasteiger partial charge in [0.05, 0.1) is 39.5 Å². The van der Waals surface area contributed by atoms with Gasteiger partial charge in [0.2, 0.25) is 17.7 Å². The molecule has 2 heterocycles. The topological polar surface area (TPSA) is 139 Å². The molecule has 11 nitrogen and oxygen atoms in total. The minimum atomic E-state index is -0.956. The van der Waals surface area contributed by atoms with Gasteiger partial charge in [-0.3, -0.25) is 24.1 Å². The molecule has 2 saturated heterocycles. The number of hydrogen-bond acceptors (Lipinski definition) is 8.